The minimum Gasteiger partial charge on any atom is -0.494 e. The first-order valence-electron chi connectivity index (χ1n) is 7.37. The number of benzene rings is 1. The molecule has 0 fully saturated rings. The summed E-state index contributed by atoms with van der Waals surface area (Å²) in [6, 6.07) is 13.6. The first-order chi connectivity index (χ1) is 10.3. The highest BCUT2D eigenvalue weighted by molar-refractivity contribution is 5.36. The molecular formula is C17H22N2O2. The topological polar surface area (TPSA) is 43.4 Å². The van der Waals surface area contributed by atoms with Crippen LogP contribution in [0.25, 0.3) is 0 Å². The van der Waals surface area contributed by atoms with Gasteiger partial charge >= 0.3 is 0 Å². The van der Waals surface area contributed by atoms with E-state index in [9.17, 15) is 0 Å². The molecule has 0 saturated carbocycles. The van der Waals surface area contributed by atoms with Gasteiger partial charge < -0.3 is 14.8 Å². The second-order valence-electron chi connectivity index (χ2n) is 4.64. The van der Waals surface area contributed by atoms with Crippen LogP contribution in [0, 0.1) is 0 Å². The van der Waals surface area contributed by atoms with Gasteiger partial charge in [0.1, 0.15) is 23.9 Å². The molecule has 1 aromatic heterocycles. The van der Waals surface area contributed by atoms with E-state index < -0.39 is 0 Å². The van der Waals surface area contributed by atoms with Gasteiger partial charge in [0.2, 0.25) is 0 Å². The van der Waals surface area contributed by atoms with Gasteiger partial charge in [0.25, 0.3) is 0 Å². The van der Waals surface area contributed by atoms with Crippen LogP contribution in [-0.2, 0) is 6.61 Å². The van der Waals surface area contributed by atoms with Crippen molar-refractivity contribution in [3.63, 3.8) is 0 Å². The molecule has 2 rings (SSSR count). The van der Waals surface area contributed by atoms with Gasteiger partial charge in [-0.15, -0.1) is 0 Å². The lowest BCUT2D eigenvalue weighted by Gasteiger charge is -2.09. The minimum absolute atomic E-state index is 0.442. The van der Waals surface area contributed by atoms with Crippen LogP contribution in [0.5, 0.6) is 11.5 Å². The van der Waals surface area contributed by atoms with E-state index in [1.54, 1.807) is 0 Å². The number of hydrogen-bond acceptors (Lipinski definition) is 4. The van der Waals surface area contributed by atoms with Gasteiger partial charge in [-0.2, -0.15) is 0 Å². The summed E-state index contributed by atoms with van der Waals surface area (Å²) in [5.41, 5.74) is 0.901. The normalized spacial score (nSPS) is 10.2. The van der Waals surface area contributed by atoms with Crippen LogP contribution in [0.15, 0.2) is 42.5 Å². The predicted octanol–water partition coefficient (Wildman–Crippen LogP) is 3.88. The molecule has 112 valence electrons. The summed E-state index contributed by atoms with van der Waals surface area (Å²) >= 11 is 0. The molecule has 0 atom stereocenters. The van der Waals surface area contributed by atoms with Crippen molar-refractivity contribution in [1.82, 2.24) is 4.98 Å². The Hall–Kier alpha value is -2.23. The number of aromatic nitrogens is 1. The first kappa shape index (κ1) is 15.2. The number of rotatable bonds is 8. The Balaban J connectivity index is 1.94. The van der Waals surface area contributed by atoms with E-state index in [2.05, 4.69) is 17.2 Å². The summed E-state index contributed by atoms with van der Waals surface area (Å²) in [5, 5.41) is 3.27. The average molecular weight is 286 g/mol. The summed E-state index contributed by atoms with van der Waals surface area (Å²) in [6.07, 6.45) is 1.08. The molecule has 2 aromatic rings. The van der Waals surface area contributed by atoms with Crippen LogP contribution in [0.2, 0.25) is 0 Å². The van der Waals surface area contributed by atoms with Crippen molar-refractivity contribution >= 4 is 5.82 Å². The van der Waals surface area contributed by atoms with Crippen LogP contribution < -0.4 is 14.8 Å². The lowest BCUT2D eigenvalue weighted by molar-refractivity contribution is 0.295. The number of nitrogens with one attached hydrogen (secondary N) is 1. The molecule has 0 saturated heterocycles. The monoisotopic (exact) mass is 286 g/mol. The Bertz CT molecular complexity index is 558. The van der Waals surface area contributed by atoms with E-state index >= 15 is 0 Å². The standard InChI is InChI=1S/C17H22N2O2/c1-3-11-18-17-10-5-7-14(19-17)13-21-16-9-6-8-15(12-16)20-4-2/h5-10,12H,3-4,11,13H2,1-2H3,(H,18,19). The van der Waals surface area contributed by atoms with Gasteiger partial charge in [0.05, 0.1) is 12.3 Å². The Morgan fingerprint density at radius 3 is 2.52 bits per heavy atom. The van der Waals surface area contributed by atoms with E-state index in [-0.39, 0.29) is 0 Å². The summed E-state index contributed by atoms with van der Waals surface area (Å²) in [6.45, 7) is 6.11. The zero-order valence-electron chi connectivity index (χ0n) is 12.6. The molecule has 0 unspecified atom stereocenters. The zero-order chi connectivity index (χ0) is 14.9. The average Bonchev–Trinajstić information content (AvgIpc) is 2.52. The lowest BCUT2D eigenvalue weighted by Crippen LogP contribution is -2.05. The van der Waals surface area contributed by atoms with Crippen molar-refractivity contribution < 1.29 is 9.47 Å². The fourth-order valence-corrected chi connectivity index (χ4v) is 1.89. The van der Waals surface area contributed by atoms with Crippen molar-refractivity contribution in [1.29, 1.82) is 0 Å². The van der Waals surface area contributed by atoms with Crippen molar-refractivity contribution in [2.45, 2.75) is 26.9 Å². The molecule has 21 heavy (non-hydrogen) atoms. The van der Waals surface area contributed by atoms with Crippen molar-refractivity contribution in [3.05, 3.63) is 48.2 Å². The van der Waals surface area contributed by atoms with Crippen LogP contribution in [0.1, 0.15) is 26.0 Å². The molecule has 1 aromatic carbocycles. The second kappa shape index (κ2) is 8.15. The van der Waals surface area contributed by atoms with Crippen LogP contribution in [0.3, 0.4) is 0 Å². The molecule has 0 aliphatic rings. The van der Waals surface area contributed by atoms with Crippen molar-refractivity contribution in [2.24, 2.45) is 0 Å². The molecule has 1 N–H and O–H groups in total. The fraction of sp³-hybridized carbons (Fsp3) is 0.353. The highest BCUT2D eigenvalue weighted by atomic mass is 16.5. The predicted molar refractivity (Wildman–Crippen MR) is 85.0 cm³/mol. The summed E-state index contributed by atoms with van der Waals surface area (Å²) in [5.74, 6) is 2.50. The van der Waals surface area contributed by atoms with Gasteiger partial charge in [0.15, 0.2) is 0 Å². The maximum absolute atomic E-state index is 5.77. The molecule has 0 spiro atoms. The third-order valence-corrected chi connectivity index (χ3v) is 2.87. The Morgan fingerprint density at radius 1 is 1.00 bits per heavy atom. The molecule has 0 aliphatic carbocycles. The summed E-state index contributed by atoms with van der Waals surface area (Å²) in [4.78, 5) is 4.52. The number of nitrogens with zero attached hydrogens (tertiary/aromatic N) is 1. The van der Waals surface area contributed by atoms with E-state index in [4.69, 9.17) is 9.47 Å². The number of pyridine rings is 1. The SMILES string of the molecule is CCCNc1cccc(COc2cccc(OCC)c2)n1. The molecular weight excluding hydrogens is 264 g/mol. The summed E-state index contributed by atoms with van der Waals surface area (Å²) < 4.78 is 11.2. The lowest BCUT2D eigenvalue weighted by atomic mass is 10.3. The van der Waals surface area contributed by atoms with Gasteiger partial charge in [-0.1, -0.05) is 19.1 Å². The molecule has 0 amide bonds. The van der Waals surface area contributed by atoms with E-state index in [1.807, 2.05) is 49.4 Å². The second-order valence-corrected chi connectivity index (χ2v) is 4.64. The van der Waals surface area contributed by atoms with Gasteiger partial charge in [0, 0.05) is 12.6 Å². The smallest absolute Gasteiger partial charge is 0.130 e. The van der Waals surface area contributed by atoms with Gasteiger partial charge in [-0.05, 0) is 37.6 Å². The van der Waals surface area contributed by atoms with Gasteiger partial charge in [-0.25, -0.2) is 4.98 Å². The maximum Gasteiger partial charge on any atom is 0.130 e. The number of anilines is 1. The van der Waals surface area contributed by atoms with Crippen LogP contribution in [-0.4, -0.2) is 18.1 Å². The summed E-state index contributed by atoms with van der Waals surface area (Å²) in [7, 11) is 0. The van der Waals surface area contributed by atoms with Crippen LogP contribution >= 0.6 is 0 Å². The van der Waals surface area contributed by atoms with Gasteiger partial charge in [-0.3, -0.25) is 0 Å². The number of ether oxygens (including phenoxy) is 2. The first-order valence-corrected chi connectivity index (χ1v) is 7.37. The molecule has 0 radical (unpaired) electrons. The molecule has 0 bridgehead atoms. The zero-order valence-corrected chi connectivity index (χ0v) is 12.6. The molecule has 0 aliphatic heterocycles. The Morgan fingerprint density at radius 2 is 1.76 bits per heavy atom. The van der Waals surface area contributed by atoms with E-state index in [0.29, 0.717) is 13.2 Å². The number of hydrogen-bond donors (Lipinski definition) is 1. The third kappa shape index (κ3) is 4.99. The van der Waals surface area contributed by atoms with E-state index in [1.165, 1.54) is 0 Å². The van der Waals surface area contributed by atoms with Crippen molar-refractivity contribution in [2.75, 3.05) is 18.5 Å². The third-order valence-electron chi connectivity index (χ3n) is 2.87. The Labute approximate surface area is 126 Å². The minimum atomic E-state index is 0.442. The molecule has 1 heterocycles. The maximum atomic E-state index is 5.77. The highest BCUT2D eigenvalue weighted by Gasteiger charge is 2.01. The fourth-order valence-electron chi connectivity index (χ4n) is 1.89. The van der Waals surface area contributed by atoms with Crippen molar-refractivity contribution in [3.8, 4) is 11.5 Å². The van der Waals surface area contributed by atoms with Crippen LogP contribution in [0.4, 0.5) is 5.82 Å². The molecule has 4 nitrogen and oxygen atoms in total. The quantitative estimate of drug-likeness (QED) is 0.799. The highest BCUT2D eigenvalue weighted by Crippen LogP contribution is 2.20. The largest absolute Gasteiger partial charge is 0.494 e. The Kier molecular flexibility index (Phi) is 5.88. The molecule has 4 heteroatoms. The van der Waals surface area contributed by atoms with E-state index in [0.717, 1.165) is 36.0 Å².